The molecule has 3 heterocycles. The van der Waals surface area contributed by atoms with Crippen LogP contribution < -0.4 is 5.56 Å². The number of halogens is 1. The van der Waals surface area contributed by atoms with Crippen LogP contribution >= 0.6 is 22.9 Å². The second-order valence-electron chi connectivity index (χ2n) is 10.4. The van der Waals surface area contributed by atoms with E-state index in [-0.39, 0.29) is 11.3 Å². The summed E-state index contributed by atoms with van der Waals surface area (Å²) >= 11 is 7.76. The Balaban J connectivity index is 1.75. The lowest BCUT2D eigenvalue weighted by Crippen LogP contribution is -2.27. The zero-order valence-electron chi connectivity index (χ0n) is 22.3. The molecule has 0 aliphatic carbocycles. The van der Waals surface area contributed by atoms with Crippen molar-refractivity contribution in [1.82, 2.24) is 15.0 Å². The number of pyridine rings is 2. The molecular weight excluding hydrogens is 530 g/mol. The highest BCUT2D eigenvalue weighted by molar-refractivity contribution is 7.22. The summed E-state index contributed by atoms with van der Waals surface area (Å²) in [6.07, 6.45) is 2.53. The van der Waals surface area contributed by atoms with E-state index in [4.69, 9.17) is 21.3 Å². The number of aryl methyl sites for hydroxylation is 1. The molecule has 5 rings (SSSR count). The fraction of sp³-hybridized carbons (Fsp3) is 0.226. The second-order valence-corrected chi connectivity index (χ2v) is 11.9. The molecule has 5 aromatic rings. The minimum atomic E-state index is -0.747. The Morgan fingerprint density at radius 2 is 1.82 bits per heavy atom. The number of aromatic amines is 1. The van der Waals surface area contributed by atoms with E-state index < -0.39 is 11.7 Å². The summed E-state index contributed by atoms with van der Waals surface area (Å²) in [5, 5.41) is 1.41. The van der Waals surface area contributed by atoms with Gasteiger partial charge in [-0.15, -0.1) is 11.3 Å². The summed E-state index contributed by atoms with van der Waals surface area (Å²) in [6.45, 7) is 9.39. The first-order valence-corrected chi connectivity index (χ1v) is 13.7. The summed E-state index contributed by atoms with van der Waals surface area (Å²) in [5.41, 5.74) is 5.56. The van der Waals surface area contributed by atoms with Gasteiger partial charge in [0, 0.05) is 34.1 Å². The number of Topliss-reactive ketones (excluding diaryl/α,β-unsaturated/α-hetero) is 1. The molecule has 1 atom stereocenters. The standard InChI is InChI=1S/C31H28ClN3O3S/c1-17-15-24-28(39-30(35-24)20-12-14-33-23(16-20)22-7-6-13-34-29(22)37)26(19-8-10-21(32)11-9-19)25(17)27(18(2)36)38-31(3,4)5/h6-16,27H,1-5H3,(H,34,37)/t27-/m1/s1. The van der Waals surface area contributed by atoms with Crippen molar-refractivity contribution < 1.29 is 9.53 Å². The number of carbonyl (C=O) groups excluding carboxylic acids is 1. The van der Waals surface area contributed by atoms with Gasteiger partial charge in [0.2, 0.25) is 0 Å². The van der Waals surface area contributed by atoms with Crippen molar-refractivity contribution in [2.75, 3.05) is 0 Å². The van der Waals surface area contributed by atoms with Gasteiger partial charge in [0.05, 0.1) is 27.1 Å². The van der Waals surface area contributed by atoms with Crippen molar-refractivity contribution >= 4 is 38.9 Å². The van der Waals surface area contributed by atoms with E-state index >= 15 is 0 Å². The number of nitrogens with one attached hydrogen (secondary N) is 1. The molecule has 2 aromatic carbocycles. The minimum Gasteiger partial charge on any atom is -0.360 e. The minimum absolute atomic E-state index is 0.0702. The Labute approximate surface area is 235 Å². The lowest BCUT2D eigenvalue weighted by molar-refractivity contribution is -0.138. The Bertz CT molecular complexity index is 1750. The van der Waals surface area contributed by atoms with Gasteiger partial charge in [-0.05, 0) is 88.2 Å². The highest BCUT2D eigenvalue weighted by atomic mass is 35.5. The summed E-state index contributed by atoms with van der Waals surface area (Å²) in [5.74, 6) is -0.0702. The van der Waals surface area contributed by atoms with Gasteiger partial charge < -0.3 is 9.72 Å². The third-order valence-corrected chi connectivity index (χ3v) is 7.65. The number of rotatable bonds is 6. The maximum Gasteiger partial charge on any atom is 0.257 e. The number of hydrogen-bond acceptors (Lipinski definition) is 6. The highest BCUT2D eigenvalue weighted by Crippen LogP contribution is 2.44. The van der Waals surface area contributed by atoms with Crippen LogP contribution in [0.3, 0.4) is 0 Å². The molecule has 3 aromatic heterocycles. The van der Waals surface area contributed by atoms with Crippen molar-refractivity contribution in [2.45, 2.75) is 46.3 Å². The number of aromatic nitrogens is 3. The van der Waals surface area contributed by atoms with E-state index in [9.17, 15) is 9.59 Å². The Kier molecular flexibility index (Phi) is 7.25. The zero-order chi connectivity index (χ0) is 27.9. The van der Waals surface area contributed by atoms with Crippen molar-refractivity contribution in [2.24, 2.45) is 0 Å². The Hall–Kier alpha value is -3.65. The first-order valence-electron chi connectivity index (χ1n) is 12.5. The molecule has 6 nitrogen and oxygen atoms in total. The SMILES string of the molecule is CC(=O)[C@@H](OC(C)(C)C)c1c(C)cc2nc(-c3ccnc(-c4ccc[nH]c4=O)c3)sc2c1-c1ccc(Cl)cc1. The smallest absolute Gasteiger partial charge is 0.257 e. The number of carbonyl (C=O) groups is 1. The molecule has 39 heavy (non-hydrogen) atoms. The van der Waals surface area contributed by atoms with Crippen LogP contribution in [-0.4, -0.2) is 26.3 Å². The lowest BCUT2D eigenvalue weighted by Gasteiger charge is -2.29. The van der Waals surface area contributed by atoms with Gasteiger partial charge in [0.1, 0.15) is 11.1 Å². The Morgan fingerprint density at radius 1 is 1.08 bits per heavy atom. The number of ketones is 1. The molecule has 8 heteroatoms. The van der Waals surface area contributed by atoms with Gasteiger partial charge in [-0.2, -0.15) is 0 Å². The number of benzene rings is 2. The van der Waals surface area contributed by atoms with Gasteiger partial charge in [0.15, 0.2) is 5.78 Å². The number of hydrogen-bond donors (Lipinski definition) is 1. The quantitative estimate of drug-likeness (QED) is 0.230. The summed E-state index contributed by atoms with van der Waals surface area (Å²) in [6, 6.07) is 16.9. The maximum atomic E-state index is 13.0. The largest absolute Gasteiger partial charge is 0.360 e. The van der Waals surface area contributed by atoms with Crippen molar-refractivity contribution in [1.29, 1.82) is 0 Å². The average Bonchev–Trinajstić information content (AvgIpc) is 3.31. The van der Waals surface area contributed by atoms with Crippen molar-refractivity contribution in [3.05, 3.63) is 93.5 Å². The normalized spacial score (nSPS) is 12.6. The number of fused-ring (bicyclic) bond motifs is 1. The molecule has 0 saturated carbocycles. The van der Waals surface area contributed by atoms with Crippen LogP contribution in [0.25, 0.3) is 43.2 Å². The number of nitrogens with zero attached hydrogens (tertiary/aromatic N) is 2. The average molecular weight is 558 g/mol. The fourth-order valence-electron chi connectivity index (χ4n) is 4.61. The van der Waals surface area contributed by atoms with E-state index in [0.29, 0.717) is 16.3 Å². The molecule has 1 N–H and O–H groups in total. The van der Waals surface area contributed by atoms with E-state index in [1.54, 1.807) is 31.5 Å². The first kappa shape index (κ1) is 26.9. The first-order chi connectivity index (χ1) is 18.5. The monoisotopic (exact) mass is 557 g/mol. The topological polar surface area (TPSA) is 84.9 Å². The molecule has 0 aliphatic rings. The molecule has 0 bridgehead atoms. The van der Waals surface area contributed by atoms with E-state index in [1.807, 2.05) is 70.2 Å². The van der Waals surface area contributed by atoms with Crippen molar-refractivity contribution in [3.8, 4) is 33.0 Å². The maximum absolute atomic E-state index is 13.0. The summed E-state index contributed by atoms with van der Waals surface area (Å²) < 4.78 is 7.27. The van der Waals surface area contributed by atoms with Crippen LogP contribution in [0, 0.1) is 6.92 Å². The van der Waals surface area contributed by atoms with Gasteiger partial charge in [-0.1, -0.05) is 23.7 Å². The molecule has 0 spiro atoms. The fourth-order valence-corrected chi connectivity index (χ4v) is 5.86. The van der Waals surface area contributed by atoms with Gasteiger partial charge in [-0.25, -0.2) is 4.98 Å². The molecule has 0 unspecified atom stereocenters. The van der Waals surface area contributed by atoms with E-state index in [2.05, 4.69) is 9.97 Å². The van der Waals surface area contributed by atoms with Crippen LogP contribution in [0.2, 0.25) is 5.02 Å². The third kappa shape index (κ3) is 5.57. The van der Waals surface area contributed by atoms with Crippen molar-refractivity contribution in [3.63, 3.8) is 0 Å². The predicted octanol–water partition coefficient (Wildman–Crippen LogP) is 7.79. The molecule has 0 saturated heterocycles. The highest BCUT2D eigenvalue weighted by Gasteiger charge is 2.30. The molecule has 0 amide bonds. The molecule has 0 aliphatic heterocycles. The molecular formula is C31H28ClN3O3S. The third-order valence-electron chi connectivity index (χ3n) is 6.26. The van der Waals surface area contributed by atoms with Crippen LogP contribution in [0.1, 0.15) is 44.9 Å². The summed E-state index contributed by atoms with van der Waals surface area (Å²) in [7, 11) is 0. The van der Waals surface area contributed by atoms with Crippen LogP contribution in [-0.2, 0) is 9.53 Å². The van der Waals surface area contributed by atoms with Crippen LogP contribution in [0.15, 0.2) is 71.8 Å². The van der Waals surface area contributed by atoms with Crippen LogP contribution in [0.5, 0.6) is 0 Å². The van der Waals surface area contributed by atoms with E-state index in [0.717, 1.165) is 43.0 Å². The number of thiazole rings is 1. The summed E-state index contributed by atoms with van der Waals surface area (Å²) in [4.78, 5) is 37.4. The number of H-pyrrole nitrogens is 1. The molecule has 0 fully saturated rings. The second kappa shape index (κ2) is 10.5. The molecule has 0 radical (unpaired) electrons. The Morgan fingerprint density at radius 3 is 2.49 bits per heavy atom. The van der Waals surface area contributed by atoms with Gasteiger partial charge in [-0.3, -0.25) is 14.6 Å². The van der Waals surface area contributed by atoms with E-state index in [1.165, 1.54) is 11.3 Å². The van der Waals surface area contributed by atoms with Crippen LogP contribution in [0.4, 0.5) is 0 Å². The molecule has 198 valence electrons. The number of ether oxygens (including phenoxy) is 1. The van der Waals surface area contributed by atoms with Gasteiger partial charge in [0.25, 0.3) is 5.56 Å². The predicted molar refractivity (Wildman–Crippen MR) is 158 cm³/mol. The van der Waals surface area contributed by atoms with Gasteiger partial charge >= 0.3 is 0 Å². The lowest BCUT2D eigenvalue weighted by atomic mass is 9.90. The zero-order valence-corrected chi connectivity index (χ0v) is 23.9.